The lowest BCUT2D eigenvalue weighted by atomic mass is 9.86. The van der Waals surface area contributed by atoms with E-state index in [2.05, 4.69) is 4.90 Å². The van der Waals surface area contributed by atoms with E-state index < -0.39 is 23.7 Å². The Bertz CT molecular complexity index is 976. The fourth-order valence-corrected chi connectivity index (χ4v) is 4.28. The molecule has 3 aliphatic heterocycles. The molecule has 0 unspecified atom stereocenters. The highest BCUT2D eigenvalue weighted by molar-refractivity contribution is 5.90. The Hall–Kier alpha value is -3.00. The molecule has 164 valence electrons. The van der Waals surface area contributed by atoms with Crippen molar-refractivity contribution in [3.05, 3.63) is 65.2 Å². The lowest BCUT2D eigenvalue weighted by molar-refractivity contribution is -0.0311. The zero-order valence-electron chi connectivity index (χ0n) is 17.2. The third-order valence-corrected chi connectivity index (χ3v) is 5.96. The Balaban J connectivity index is 1.61. The molecule has 8 heteroatoms. The molecular formula is C23H24F2N2O4. The first-order chi connectivity index (χ1) is 14.9. The van der Waals surface area contributed by atoms with Gasteiger partial charge in [-0.05, 0) is 61.7 Å². The van der Waals surface area contributed by atoms with Gasteiger partial charge in [0.25, 0.3) is 0 Å². The average Bonchev–Trinajstić information content (AvgIpc) is 2.79. The van der Waals surface area contributed by atoms with Crippen molar-refractivity contribution < 1.29 is 27.8 Å². The van der Waals surface area contributed by atoms with E-state index in [1.54, 1.807) is 24.3 Å². The second-order valence-corrected chi connectivity index (χ2v) is 7.93. The standard InChI is InChI=1S/C23H24F2N2O4/c1-30-22(28)17-4-2-3-15(11-17)13-27(20-12-18(24)5-6-19(20)25)23(29)31-21-14-26-9-7-16(21)8-10-26/h2-6,11-12,16,21H,7-10,13-14H2,1H3/t21-/m0/s1. The highest BCUT2D eigenvalue weighted by atomic mass is 19.1. The van der Waals surface area contributed by atoms with E-state index in [4.69, 9.17) is 9.47 Å². The molecule has 5 rings (SSSR count). The summed E-state index contributed by atoms with van der Waals surface area (Å²) in [7, 11) is 1.27. The number of esters is 1. The number of methoxy groups -OCH3 is 1. The van der Waals surface area contributed by atoms with E-state index in [0.29, 0.717) is 17.7 Å². The van der Waals surface area contributed by atoms with Crippen LogP contribution < -0.4 is 4.90 Å². The zero-order valence-corrected chi connectivity index (χ0v) is 17.2. The van der Waals surface area contributed by atoms with E-state index in [0.717, 1.165) is 49.0 Å². The van der Waals surface area contributed by atoms with Crippen LogP contribution in [0.3, 0.4) is 0 Å². The minimum absolute atomic E-state index is 0.0921. The predicted molar refractivity (Wildman–Crippen MR) is 110 cm³/mol. The minimum Gasteiger partial charge on any atom is -0.465 e. The molecule has 2 aromatic rings. The van der Waals surface area contributed by atoms with Crippen LogP contribution in [0, 0.1) is 17.6 Å². The molecule has 0 spiro atoms. The van der Waals surface area contributed by atoms with Gasteiger partial charge in [-0.25, -0.2) is 18.4 Å². The maximum atomic E-state index is 14.6. The lowest BCUT2D eigenvalue weighted by Gasteiger charge is -2.44. The van der Waals surface area contributed by atoms with Gasteiger partial charge in [-0.15, -0.1) is 0 Å². The first-order valence-electron chi connectivity index (χ1n) is 10.3. The third kappa shape index (κ3) is 4.69. The lowest BCUT2D eigenvalue weighted by Crippen LogP contribution is -2.53. The number of nitrogens with zero attached hydrogens (tertiary/aromatic N) is 2. The Morgan fingerprint density at radius 3 is 2.58 bits per heavy atom. The number of halogens is 2. The summed E-state index contributed by atoms with van der Waals surface area (Å²) < 4.78 is 39.0. The minimum atomic E-state index is -0.744. The monoisotopic (exact) mass is 430 g/mol. The summed E-state index contributed by atoms with van der Waals surface area (Å²) in [6.07, 6.45) is 0.878. The molecule has 0 aliphatic carbocycles. The smallest absolute Gasteiger partial charge is 0.415 e. The highest BCUT2D eigenvalue weighted by Gasteiger charge is 2.37. The number of fused-ring (bicyclic) bond motifs is 3. The van der Waals surface area contributed by atoms with E-state index >= 15 is 0 Å². The van der Waals surface area contributed by atoms with Crippen LogP contribution in [0.5, 0.6) is 0 Å². The van der Waals surface area contributed by atoms with Crippen molar-refractivity contribution in [3.63, 3.8) is 0 Å². The predicted octanol–water partition coefficient (Wildman–Crippen LogP) is 3.99. The van der Waals surface area contributed by atoms with Crippen LogP contribution >= 0.6 is 0 Å². The van der Waals surface area contributed by atoms with Gasteiger partial charge in [0.1, 0.15) is 17.7 Å². The maximum absolute atomic E-state index is 14.6. The summed E-state index contributed by atoms with van der Waals surface area (Å²) in [5.41, 5.74) is 0.637. The number of rotatable bonds is 5. The summed E-state index contributed by atoms with van der Waals surface area (Å²) >= 11 is 0. The summed E-state index contributed by atoms with van der Waals surface area (Å²) in [6.45, 7) is 2.53. The van der Waals surface area contributed by atoms with Crippen LogP contribution in [0.15, 0.2) is 42.5 Å². The summed E-state index contributed by atoms with van der Waals surface area (Å²) in [4.78, 5) is 28.3. The molecule has 3 heterocycles. The van der Waals surface area contributed by atoms with E-state index in [9.17, 15) is 18.4 Å². The molecule has 0 saturated carbocycles. The van der Waals surface area contributed by atoms with Gasteiger partial charge >= 0.3 is 12.1 Å². The molecule has 2 aromatic carbocycles. The molecule has 0 radical (unpaired) electrons. The molecule has 2 bridgehead atoms. The Morgan fingerprint density at radius 1 is 1.13 bits per heavy atom. The van der Waals surface area contributed by atoms with Gasteiger partial charge in [0.2, 0.25) is 0 Å². The van der Waals surface area contributed by atoms with Gasteiger partial charge < -0.3 is 9.47 Å². The van der Waals surface area contributed by atoms with Crippen molar-refractivity contribution in [3.8, 4) is 0 Å². The van der Waals surface area contributed by atoms with Crippen LogP contribution in [0.2, 0.25) is 0 Å². The number of anilines is 1. The van der Waals surface area contributed by atoms with Crippen molar-refractivity contribution in [2.24, 2.45) is 5.92 Å². The zero-order chi connectivity index (χ0) is 22.0. The highest BCUT2D eigenvalue weighted by Crippen LogP contribution is 2.31. The van der Waals surface area contributed by atoms with Crippen molar-refractivity contribution in [1.82, 2.24) is 4.90 Å². The topological polar surface area (TPSA) is 59.1 Å². The summed E-state index contributed by atoms with van der Waals surface area (Å²) in [5, 5.41) is 0. The molecular weight excluding hydrogens is 406 g/mol. The normalized spacial score (nSPS) is 22.1. The van der Waals surface area contributed by atoms with Crippen molar-refractivity contribution in [2.75, 3.05) is 31.6 Å². The van der Waals surface area contributed by atoms with Gasteiger partial charge in [0.05, 0.1) is 24.9 Å². The van der Waals surface area contributed by atoms with Crippen LogP contribution in [0.4, 0.5) is 19.3 Å². The average molecular weight is 430 g/mol. The van der Waals surface area contributed by atoms with Gasteiger partial charge in [0, 0.05) is 12.6 Å². The summed E-state index contributed by atoms with van der Waals surface area (Å²) in [5.74, 6) is -1.66. The molecule has 3 saturated heterocycles. The molecule has 3 aliphatic rings. The van der Waals surface area contributed by atoms with Gasteiger partial charge in [-0.1, -0.05) is 12.1 Å². The fourth-order valence-electron chi connectivity index (χ4n) is 4.28. The number of benzene rings is 2. The number of amides is 1. The Labute approximate surface area is 179 Å². The molecule has 1 amide bonds. The molecule has 0 aromatic heterocycles. The fraction of sp³-hybridized carbons (Fsp3) is 0.391. The molecule has 0 N–H and O–H groups in total. The van der Waals surface area contributed by atoms with E-state index in [-0.39, 0.29) is 24.3 Å². The maximum Gasteiger partial charge on any atom is 0.415 e. The molecule has 31 heavy (non-hydrogen) atoms. The van der Waals surface area contributed by atoms with Crippen LogP contribution in [0.25, 0.3) is 0 Å². The third-order valence-electron chi connectivity index (χ3n) is 5.96. The first-order valence-corrected chi connectivity index (χ1v) is 10.3. The molecule has 1 atom stereocenters. The van der Waals surface area contributed by atoms with Crippen molar-refractivity contribution >= 4 is 17.7 Å². The van der Waals surface area contributed by atoms with E-state index in [1.807, 2.05) is 0 Å². The largest absolute Gasteiger partial charge is 0.465 e. The number of carbonyl (C=O) groups is 2. The van der Waals surface area contributed by atoms with Gasteiger partial charge in [-0.2, -0.15) is 0 Å². The van der Waals surface area contributed by atoms with Crippen molar-refractivity contribution in [1.29, 1.82) is 0 Å². The first kappa shape index (κ1) is 21.2. The van der Waals surface area contributed by atoms with Gasteiger partial charge in [0.15, 0.2) is 0 Å². The van der Waals surface area contributed by atoms with Crippen molar-refractivity contribution in [2.45, 2.75) is 25.5 Å². The Morgan fingerprint density at radius 2 is 1.90 bits per heavy atom. The number of piperidine rings is 3. The Kier molecular flexibility index (Phi) is 6.18. The molecule has 3 fully saturated rings. The quantitative estimate of drug-likeness (QED) is 0.672. The number of hydrogen-bond acceptors (Lipinski definition) is 5. The van der Waals surface area contributed by atoms with Gasteiger partial charge in [-0.3, -0.25) is 9.80 Å². The van der Waals surface area contributed by atoms with Crippen LogP contribution in [-0.2, 0) is 16.0 Å². The number of ether oxygens (including phenoxy) is 2. The summed E-state index contributed by atoms with van der Waals surface area (Å²) in [6, 6.07) is 9.40. The SMILES string of the molecule is COC(=O)c1cccc(CN(C(=O)O[C@H]2CN3CCC2CC3)c2cc(F)ccc2F)c1. The molecule has 6 nitrogen and oxygen atoms in total. The number of hydrogen-bond donors (Lipinski definition) is 0. The van der Waals surface area contributed by atoms with Crippen LogP contribution in [0.1, 0.15) is 28.8 Å². The van der Waals surface area contributed by atoms with E-state index in [1.165, 1.54) is 7.11 Å². The number of carbonyl (C=O) groups excluding carboxylic acids is 2. The second-order valence-electron chi connectivity index (χ2n) is 7.93. The van der Waals surface area contributed by atoms with Crippen LogP contribution in [-0.4, -0.2) is 49.8 Å². The second kappa shape index (κ2) is 9.01.